The first kappa shape index (κ1) is 11.4. The number of ketones is 1. The molecule has 0 aliphatic heterocycles. The minimum atomic E-state index is 0.0355. The van der Waals surface area contributed by atoms with Gasteiger partial charge in [-0.05, 0) is 12.8 Å². The van der Waals surface area contributed by atoms with Gasteiger partial charge in [-0.3, -0.25) is 4.79 Å². The van der Waals surface area contributed by atoms with Crippen LogP contribution in [0.4, 0.5) is 0 Å². The van der Waals surface area contributed by atoms with Crippen LogP contribution in [0.15, 0.2) is 12.2 Å². The van der Waals surface area contributed by atoms with Crippen molar-refractivity contribution in [2.24, 2.45) is 11.7 Å². The van der Waals surface area contributed by atoms with Gasteiger partial charge in [0.05, 0.1) is 0 Å². The zero-order valence-electron chi connectivity index (χ0n) is 8.10. The molecule has 0 spiro atoms. The average Bonchev–Trinajstić information content (AvgIpc) is 2.06. The van der Waals surface area contributed by atoms with E-state index in [1.807, 2.05) is 13.8 Å². The topological polar surface area (TPSA) is 43.1 Å². The molecular formula is C10H19NO. The van der Waals surface area contributed by atoms with Gasteiger partial charge in [0, 0.05) is 18.9 Å². The molecule has 0 amide bonds. The predicted molar refractivity (Wildman–Crippen MR) is 51.9 cm³/mol. The van der Waals surface area contributed by atoms with Gasteiger partial charge in [-0.1, -0.05) is 26.0 Å². The van der Waals surface area contributed by atoms with Crippen molar-refractivity contribution in [1.29, 1.82) is 0 Å². The Labute approximate surface area is 74.8 Å². The summed E-state index contributed by atoms with van der Waals surface area (Å²) in [5, 5.41) is 0. The highest BCUT2D eigenvalue weighted by Gasteiger charge is 2.14. The Hall–Kier alpha value is -0.630. The number of carbonyl (C=O) groups is 1. The van der Waals surface area contributed by atoms with E-state index >= 15 is 0 Å². The fraction of sp³-hybridized carbons (Fsp3) is 0.700. The lowest BCUT2D eigenvalue weighted by atomic mass is 9.95. The lowest BCUT2D eigenvalue weighted by Gasteiger charge is -2.10. The molecule has 2 nitrogen and oxygen atoms in total. The quantitative estimate of drug-likeness (QED) is 0.617. The molecule has 1 atom stereocenters. The van der Waals surface area contributed by atoms with Gasteiger partial charge in [-0.2, -0.15) is 0 Å². The van der Waals surface area contributed by atoms with Crippen LogP contribution in [0.3, 0.4) is 0 Å². The molecule has 70 valence electrons. The third kappa shape index (κ3) is 3.67. The number of hydrogen-bond donors (Lipinski definition) is 1. The third-order valence-corrected chi connectivity index (χ3v) is 2.16. The van der Waals surface area contributed by atoms with Crippen molar-refractivity contribution in [2.75, 3.05) is 6.54 Å². The van der Waals surface area contributed by atoms with Gasteiger partial charge in [0.1, 0.15) is 5.78 Å². The molecule has 12 heavy (non-hydrogen) atoms. The molecule has 0 bridgehead atoms. The summed E-state index contributed by atoms with van der Waals surface area (Å²) in [5.74, 6) is 0.278. The second kappa shape index (κ2) is 5.95. The van der Waals surface area contributed by atoms with Crippen LogP contribution in [0.2, 0.25) is 0 Å². The third-order valence-electron chi connectivity index (χ3n) is 2.16. The maximum Gasteiger partial charge on any atom is 0.141 e. The van der Waals surface area contributed by atoms with Crippen molar-refractivity contribution < 1.29 is 4.79 Å². The van der Waals surface area contributed by atoms with Gasteiger partial charge >= 0.3 is 0 Å². The number of Topliss-reactive ketones (excluding diaryl/α,β-unsaturated/α-hetero) is 1. The predicted octanol–water partition coefficient (Wildman–Crippen LogP) is 1.90. The first-order valence-corrected chi connectivity index (χ1v) is 4.55. The summed E-state index contributed by atoms with van der Waals surface area (Å²) in [4.78, 5) is 11.4. The van der Waals surface area contributed by atoms with E-state index in [4.69, 9.17) is 5.73 Å². The maximum atomic E-state index is 11.4. The van der Waals surface area contributed by atoms with Crippen LogP contribution < -0.4 is 5.73 Å². The van der Waals surface area contributed by atoms with Crippen LogP contribution in [-0.2, 0) is 4.79 Å². The molecular weight excluding hydrogens is 150 g/mol. The molecule has 0 radical (unpaired) electrons. The van der Waals surface area contributed by atoms with Crippen molar-refractivity contribution in [3.8, 4) is 0 Å². The van der Waals surface area contributed by atoms with Gasteiger partial charge in [-0.25, -0.2) is 0 Å². The Bertz CT molecular complexity index is 159. The minimum Gasteiger partial charge on any atom is -0.330 e. The lowest BCUT2D eigenvalue weighted by molar-refractivity contribution is -0.122. The number of carbonyl (C=O) groups excluding carboxylic acids is 1. The zero-order valence-corrected chi connectivity index (χ0v) is 8.10. The second-order valence-corrected chi connectivity index (χ2v) is 3.09. The molecule has 0 aromatic carbocycles. The summed E-state index contributed by atoms with van der Waals surface area (Å²) in [5.41, 5.74) is 6.46. The van der Waals surface area contributed by atoms with E-state index in [1.165, 1.54) is 0 Å². The standard InChI is InChI=1S/C10H19NO/c1-4-8(3)6-10(12)9(5-2)7-11/h9H,3-7,11H2,1-2H3. The van der Waals surface area contributed by atoms with Gasteiger partial charge in [0.25, 0.3) is 0 Å². The molecule has 0 aromatic heterocycles. The normalized spacial score (nSPS) is 12.6. The molecule has 0 saturated heterocycles. The molecule has 0 aliphatic rings. The van der Waals surface area contributed by atoms with E-state index in [2.05, 4.69) is 6.58 Å². The summed E-state index contributed by atoms with van der Waals surface area (Å²) < 4.78 is 0. The fourth-order valence-electron chi connectivity index (χ4n) is 1.04. The van der Waals surface area contributed by atoms with E-state index in [9.17, 15) is 4.79 Å². The van der Waals surface area contributed by atoms with E-state index in [1.54, 1.807) is 0 Å². The average molecular weight is 169 g/mol. The Morgan fingerprint density at radius 2 is 2.08 bits per heavy atom. The van der Waals surface area contributed by atoms with Gasteiger partial charge < -0.3 is 5.73 Å². The molecule has 0 rings (SSSR count). The second-order valence-electron chi connectivity index (χ2n) is 3.09. The highest BCUT2D eigenvalue weighted by atomic mass is 16.1. The Morgan fingerprint density at radius 3 is 2.42 bits per heavy atom. The first-order chi connectivity index (χ1) is 5.65. The fourth-order valence-corrected chi connectivity index (χ4v) is 1.04. The van der Waals surface area contributed by atoms with E-state index in [0.29, 0.717) is 13.0 Å². The van der Waals surface area contributed by atoms with Gasteiger partial charge in [-0.15, -0.1) is 0 Å². The highest BCUT2D eigenvalue weighted by Crippen LogP contribution is 2.11. The monoisotopic (exact) mass is 169 g/mol. The smallest absolute Gasteiger partial charge is 0.141 e. The number of allylic oxidation sites excluding steroid dienone is 1. The maximum absolute atomic E-state index is 11.4. The molecule has 2 N–H and O–H groups in total. The summed E-state index contributed by atoms with van der Waals surface area (Å²) in [6.45, 7) is 8.27. The number of nitrogens with two attached hydrogens (primary N) is 1. The summed E-state index contributed by atoms with van der Waals surface area (Å²) >= 11 is 0. The van der Waals surface area contributed by atoms with Crippen LogP contribution in [0.25, 0.3) is 0 Å². The van der Waals surface area contributed by atoms with E-state index in [-0.39, 0.29) is 11.7 Å². The summed E-state index contributed by atoms with van der Waals surface area (Å²) in [6.07, 6.45) is 2.23. The van der Waals surface area contributed by atoms with Crippen LogP contribution >= 0.6 is 0 Å². The summed E-state index contributed by atoms with van der Waals surface area (Å²) in [6, 6.07) is 0. The van der Waals surface area contributed by atoms with E-state index in [0.717, 1.165) is 18.4 Å². The molecule has 0 heterocycles. The van der Waals surface area contributed by atoms with Crippen molar-refractivity contribution in [3.05, 3.63) is 12.2 Å². The summed E-state index contributed by atoms with van der Waals surface area (Å²) in [7, 11) is 0. The van der Waals surface area contributed by atoms with Crippen molar-refractivity contribution in [2.45, 2.75) is 33.1 Å². The van der Waals surface area contributed by atoms with Gasteiger partial charge in [0.15, 0.2) is 0 Å². The largest absolute Gasteiger partial charge is 0.330 e. The van der Waals surface area contributed by atoms with E-state index < -0.39 is 0 Å². The van der Waals surface area contributed by atoms with Crippen molar-refractivity contribution in [3.63, 3.8) is 0 Å². The molecule has 0 aliphatic carbocycles. The highest BCUT2D eigenvalue weighted by molar-refractivity contribution is 5.83. The van der Waals surface area contributed by atoms with Crippen LogP contribution in [-0.4, -0.2) is 12.3 Å². The SMILES string of the molecule is C=C(CC)CC(=O)C(CC)CN. The Balaban J connectivity index is 3.92. The minimum absolute atomic E-state index is 0.0355. The van der Waals surface area contributed by atoms with Gasteiger partial charge in [0.2, 0.25) is 0 Å². The molecule has 2 heteroatoms. The van der Waals surface area contributed by atoms with Crippen LogP contribution in [0.5, 0.6) is 0 Å². The van der Waals surface area contributed by atoms with Crippen molar-refractivity contribution in [1.82, 2.24) is 0 Å². The molecule has 0 fully saturated rings. The molecule has 0 aromatic rings. The Kier molecular flexibility index (Phi) is 5.64. The lowest BCUT2D eigenvalue weighted by Crippen LogP contribution is -2.23. The van der Waals surface area contributed by atoms with Crippen LogP contribution in [0.1, 0.15) is 33.1 Å². The number of rotatable bonds is 6. The first-order valence-electron chi connectivity index (χ1n) is 4.55. The Morgan fingerprint density at radius 1 is 1.50 bits per heavy atom. The van der Waals surface area contributed by atoms with Crippen molar-refractivity contribution >= 4 is 5.78 Å². The van der Waals surface area contributed by atoms with Crippen LogP contribution in [0, 0.1) is 5.92 Å². The molecule has 1 unspecified atom stereocenters. The molecule has 0 saturated carbocycles. The zero-order chi connectivity index (χ0) is 9.56. The number of hydrogen-bond acceptors (Lipinski definition) is 2.